The number of esters is 1. The van der Waals surface area contributed by atoms with Crippen molar-refractivity contribution in [3.8, 4) is 17.6 Å². The summed E-state index contributed by atoms with van der Waals surface area (Å²) in [6, 6.07) is 15.2. The molecule has 0 aliphatic heterocycles. The average molecular weight is 353 g/mol. The molecule has 0 aliphatic rings. The Morgan fingerprint density at radius 1 is 1.00 bits per heavy atom. The summed E-state index contributed by atoms with van der Waals surface area (Å²) in [5.74, 6) is 0.526. The van der Waals surface area contributed by atoms with Gasteiger partial charge in [0.05, 0.1) is 11.6 Å². The van der Waals surface area contributed by atoms with Crippen LogP contribution in [0.4, 0.5) is 0 Å². The van der Waals surface area contributed by atoms with Crippen LogP contribution in [0.3, 0.4) is 0 Å². The lowest BCUT2D eigenvalue weighted by Crippen LogP contribution is -2.27. The smallest absolute Gasteiger partial charge is 0.347 e. The van der Waals surface area contributed by atoms with E-state index >= 15 is 0 Å². The maximum absolute atomic E-state index is 11.9. The number of hydrogen-bond donors (Lipinski definition) is 0. The maximum Gasteiger partial charge on any atom is 0.347 e. The molecule has 6 heteroatoms. The van der Waals surface area contributed by atoms with Crippen LogP contribution in [0.15, 0.2) is 48.5 Å². The predicted molar refractivity (Wildman–Crippen MR) is 94.1 cm³/mol. The van der Waals surface area contributed by atoms with E-state index < -0.39 is 12.1 Å². The van der Waals surface area contributed by atoms with Gasteiger partial charge in [-0.05, 0) is 62.4 Å². The molecular formula is C20H19NO5. The molecule has 6 nitrogen and oxygen atoms in total. The number of nitrogens with zero attached hydrogens (tertiary/aromatic N) is 1. The van der Waals surface area contributed by atoms with Crippen LogP contribution in [0.1, 0.15) is 29.8 Å². The first-order valence-corrected chi connectivity index (χ1v) is 8.07. The second kappa shape index (κ2) is 9.23. The Morgan fingerprint density at radius 3 is 2.19 bits per heavy atom. The van der Waals surface area contributed by atoms with Gasteiger partial charge in [-0.25, -0.2) is 4.79 Å². The molecule has 2 aromatic rings. The van der Waals surface area contributed by atoms with E-state index in [0.717, 1.165) is 0 Å². The second-order valence-electron chi connectivity index (χ2n) is 5.49. The number of Topliss-reactive ketones (excluding diaryl/α,β-unsaturated/α-hetero) is 1. The number of carbonyl (C=O) groups is 2. The minimum Gasteiger partial charge on any atom is -0.490 e. The molecule has 1 atom stereocenters. The maximum atomic E-state index is 11.9. The van der Waals surface area contributed by atoms with E-state index in [2.05, 4.69) is 0 Å². The van der Waals surface area contributed by atoms with E-state index in [0.29, 0.717) is 22.6 Å². The van der Waals surface area contributed by atoms with E-state index in [4.69, 9.17) is 19.5 Å². The first kappa shape index (κ1) is 19.0. The number of benzene rings is 2. The molecule has 0 fully saturated rings. The molecule has 134 valence electrons. The van der Waals surface area contributed by atoms with Crippen molar-refractivity contribution < 1.29 is 23.8 Å². The quantitative estimate of drug-likeness (QED) is 0.412. The summed E-state index contributed by atoms with van der Waals surface area (Å²) in [5, 5.41) is 8.72. The summed E-state index contributed by atoms with van der Waals surface area (Å²) >= 11 is 0. The van der Waals surface area contributed by atoms with Gasteiger partial charge in [0.25, 0.3) is 0 Å². The molecule has 0 aromatic heterocycles. The van der Waals surface area contributed by atoms with Crippen LogP contribution < -0.4 is 9.47 Å². The fraction of sp³-hybridized carbons (Fsp3) is 0.250. The van der Waals surface area contributed by atoms with Crippen LogP contribution in [0.2, 0.25) is 0 Å². The largest absolute Gasteiger partial charge is 0.490 e. The Hall–Kier alpha value is -3.33. The van der Waals surface area contributed by atoms with Gasteiger partial charge in [-0.2, -0.15) is 5.26 Å². The van der Waals surface area contributed by atoms with Gasteiger partial charge in [-0.3, -0.25) is 4.79 Å². The van der Waals surface area contributed by atoms with Crippen molar-refractivity contribution in [1.29, 1.82) is 5.26 Å². The third kappa shape index (κ3) is 5.64. The van der Waals surface area contributed by atoms with Gasteiger partial charge in [-0.15, -0.1) is 0 Å². The molecule has 0 heterocycles. The van der Waals surface area contributed by atoms with Gasteiger partial charge >= 0.3 is 5.97 Å². The number of carbonyl (C=O) groups excluding carboxylic acids is 2. The Kier molecular flexibility index (Phi) is 6.75. The Labute approximate surface area is 151 Å². The lowest BCUT2D eigenvalue weighted by Gasteiger charge is -2.14. The Bertz CT molecular complexity index is 790. The Balaban J connectivity index is 1.72. The van der Waals surface area contributed by atoms with E-state index in [1.807, 2.05) is 6.07 Å². The zero-order chi connectivity index (χ0) is 18.9. The lowest BCUT2D eigenvalue weighted by molar-refractivity contribution is -0.151. The van der Waals surface area contributed by atoms with E-state index in [1.54, 1.807) is 55.5 Å². The summed E-state index contributed by atoms with van der Waals surface area (Å²) in [6.45, 7) is 3.34. The molecule has 0 radical (unpaired) electrons. The standard InChI is InChI=1S/C20H19NO5/c1-14(22)17-5-9-19(10-6-17)26-15(2)20(23)25-12-11-24-18-7-3-16(13-21)4-8-18/h3-10,15H,11-12H2,1-2H3. The molecule has 2 rings (SSSR count). The van der Waals surface area contributed by atoms with Crippen LogP contribution in [0.5, 0.6) is 11.5 Å². The molecule has 0 N–H and O–H groups in total. The average Bonchev–Trinajstić information content (AvgIpc) is 2.66. The molecule has 0 saturated heterocycles. The first-order chi connectivity index (χ1) is 12.5. The molecule has 0 spiro atoms. The number of hydrogen-bond acceptors (Lipinski definition) is 6. The van der Waals surface area contributed by atoms with E-state index in [9.17, 15) is 9.59 Å². The van der Waals surface area contributed by atoms with Crippen molar-refractivity contribution in [2.24, 2.45) is 0 Å². The summed E-state index contributed by atoms with van der Waals surface area (Å²) in [6.07, 6.45) is -0.784. The highest BCUT2D eigenvalue weighted by Crippen LogP contribution is 2.15. The van der Waals surface area contributed by atoms with Crippen LogP contribution >= 0.6 is 0 Å². The molecule has 26 heavy (non-hydrogen) atoms. The highest BCUT2D eigenvalue weighted by molar-refractivity contribution is 5.94. The van der Waals surface area contributed by atoms with Gasteiger partial charge in [-0.1, -0.05) is 0 Å². The molecule has 1 unspecified atom stereocenters. The topological polar surface area (TPSA) is 85.6 Å². The van der Waals surface area contributed by atoms with Crippen LogP contribution in [-0.2, 0) is 9.53 Å². The summed E-state index contributed by atoms with van der Waals surface area (Å²) in [4.78, 5) is 23.2. The normalized spacial score (nSPS) is 11.1. The number of ketones is 1. The molecule has 0 bridgehead atoms. The highest BCUT2D eigenvalue weighted by Gasteiger charge is 2.16. The molecule has 0 aliphatic carbocycles. The monoisotopic (exact) mass is 353 g/mol. The summed E-state index contributed by atoms with van der Waals surface area (Å²) in [7, 11) is 0. The Morgan fingerprint density at radius 2 is 1.62 bits per heavy atom. The van der Waals surface area contributed by atoms with Crippen molar-refractivity contribution >= 4 is 11.8 Å². The first-order valence-electron chi connectivity index (χ1n) is 8.07. The van der Waals surface area contributed by atoms with Crippen LogP contribution in [0.25, 0.3) is 0 Å². The number of ether oxygens (including phenoxy) is 3. The second-order valence-corrected chi connectivity index (χ2v) is 5.49. The molecule has 0 amide bonds. The van der Waals surface area contributed by atoms with Gasteiger partial charge in [0.1, 0.15) is 24.7 Å². The summed E-state index contributed by atoms with van der Waals surface area (Å²) < 4.78 is 16.0. The van der Waals surface area contributed by atoms with Gasteiger partial charge in [0.2, 0.25) is 0 Å². The van der Waals surface area contributed by atoms with Crippen LogP contribution in [0, 0.1) is 11.3 Å². The lowest BCUT2D eigenvalue weighted by atomic mass is 10.1. The fourth-order valence-electron chi connectivity index (χ4n) is 2.07. The minimum absolute atomic E-state index is 0.0359. The number of rotatable bonds is 8. The van der Waals surface area contributed by atoms with E-state index in [1.165, 1.54) is 6.92 Å². The van der Waals surface area contributed by atoms with Gasteiger partial charge in [0, 0.05) is 5.56 Å². The minimum atomic E-state index is -0.784. The third-order valence-electron chi connectivity index (χ3n) is 3.49. The molecule has 0 saturated carbocycles. The van der Waals surface area contributed by atoms with Crippen molar-refractivity contribution in [2.75, 3.05) is 13.2 Å². The van der Waals surface area contributed by atoms with Crippen molar-refractivity contribution in [2.45, 2.75) is 20.0 Å². The SMILES string of the molecule is CC(=O)c1ccc(OC(C)C(=O)OCCOc2ccc(C#N)cc2)cc1. The van der Waals surface area contributed by atoms with Gasteiger partial charge < -0.3 is 14.2 Å². The van der Waals surface area contributed by atoms with E-state index in [-0.39, 0.29) is 19.0 Å². The number of nitriles is 1. The van der Waals surface area contributed by atoms with Crippen molar-refractivity contribution in [3.63, 3.8) is 0 Å². The molecule has 2 aromatic carbocycles. The zero-order valence-electron chi connectivity index (χ0n) is 14.6. The fourth-order valence-corrected chi connectivity index (χ4v) is 2.07. The summed E-state index contributed by atoms with van der Waals surface area (Å²) in [5.41, 5.74) is 1.12. The molecular weight excluding hydrogens is 334 g/mol. The van der Waals surface area contributed by atoms with Crippen molar-refractivity contribution in [3.05, 3.63) is 59.7 Å². The predicted octanol–water partition coefficient (Wildman–Crippen LogP) is 3.15. The van der Waals surface area contributed by atoms with Crippen LogP contribution in [-0.4, -0.2) is 31.1 Å². The van der Waals surface area contributed by atoms with Gasteiger partial charge in [0.15, 0.2) is 11.9 Å². The zero-order valence-corrected chi connectivity index (χ0v) is 14.6. The highest BCUT2D eigenvalue weighted by atomic mass is 16.6. The third-order valence-corrected chi connectivity index (χ3v) is 3.49. The van der Waals surface area contributed by atoms with Crippen molar-refractivity contribution in [1.82, 2.24) is 0 Å².